The van der Waals surface area contributed by atoms with Gasteiger partial charge in [-0.1, -0.05) is 12.1 Å². The molecule has 1 aliphatic rings. The van der Waals surface area contributed by atoms with Crippen molar-refractivity contribution in [2.24, 2.45) is 5.92 Å². The zero-order valence-corrected chi connectivity index (χ0v) is 17.9. The number of benzene rings is 2. The van der Waals surface area contributed by atoms with Gasteiger partial charge in [0.2, 0.25) is 0 Å². The first-order valence-electron chi connectivity index (χ1n) is 10.6. The highest BCUT2D eigenvalue weighted by atomic mass is 16.5. The van der Waals surface area contributed by atoms with Crippen LogP contribution in [0.1, 0.15) is 29.5 Å². The zero-order valence-electron chi connectivity index (χ0n) is 17.9. The molecule has 1 aromatic heterocycles. The van der Waals surface area contributed by atoms with E-state index in [1.807, 2.05) is 37.3 Å². The highest BCUT2D eigenvalue weighted by Crippen LogP contribution is 2.32. The fraction of sp³-hybridized carbons (Fsp3) is 0.375. The monoisotopic (exact) mass is 417 g/mol. The summed E-state index contributed by atoms with van der Waals surface area (Å²) in [6, 6.07) is 14.0. The normalized spacial score (nSPS) is 14.5. The summed E-state index contributed by atoms with van der Waals surface area (Å²) in [5.41, 5.74) is 2.75. The van der Waals surface area contributed by atoms with Gasteiger partial charge in [-0.05, 0) is 61.1 Å². The molecule has 2 aromatic carbocycles. The third-order valence-corrected chi connectivity index (χ3v) is 5.99. The summed E-state index contributed by atoms with van der Waals surface area (Å²) in [7, 11) is 1.67. The first-order chi connectivity index (χ1) is 15.1. The van der Waals surface area contributed by atoms with Crippen molar-refractivity contribution in [1.29, 1.82) is 5.26 Å². The van der Waals surface area contributed by atoms with E-state index in [-0.39, 0.29) is 6.61 Å². The van der Waals surface area contributed by atoms with Gasteiger partial charge < -0.3 is 20.1 Å². The molecule has 0 bridgehead atoms. The molecule has 31 heavy (non-hydrogen) atoms. The molecule has 1 aliphatic heterocycles. The van der Waals surface area contributed by atoms with Gasteiger partial charge in [-0.3, -0.25) is 0 Å². The molecule has 3 aromatic rings. The molecule has 2 heterocycles. The number of fused-ring (bicyclic) bond motifs is 1. The summed E-state index contributed by atoms with van der Waals surface area (Å²) in [4.78, 5) is 2.22. The molecule has 2 N–H and O–H groups in total. The number of anilines is 2. The number of ether oxygens (including phenoxy) is 1. The molecule has 7 heteroatoms. The number of hydrogen-bond acceptors (Lipinski definition) is 7. The number of nitrogens with one attached hydrogen (secondary N) is 1. The highest BCUT2D eigenvalue weighted by Gasteiger charge is 2.22. The van der Waals surface area contributed by atoms with Crippen molar-refractivity contribution in [1.82, 2.24) is 10.2 Å². The highest BCUT2D eigenvalue weighted by molar-refractivity contribution is 5.99. The van der Waals surface area contributed by atoms with Crippen LogP contribution in [0.4, 0.5) is 11.6 Å². The Labute approximate surface area is 182 Å². The van der Waals surface area contributed by atoms with E-state index in [1.54, 1.807) is 7.11 Å². The minimum atomic E-state index is 0.235. The summed E-state index contributed by atoms with van der Waals surface area (Å²) in [5, 5.41) is 33.1. The maximum Gasteiger partial charge on any atom is 0.159 e. The lowest BCUT2D eigenvalue weighted by molar-refractivity contribution is 0.203. The van der Waals surface area contributed by atoms with E-state index < -0.39 is 0 Å². The van der Waals surface area contributed by atoms with E-state index in [9.17, 15) is 10.4 Å². The molecular weight excluding hydrogens is 390 g/mol. The van der Waals surface area contributed by atoms with Gasteiger partial charge in [-0.25, -0.2) is 0 Å². The van der Waals surface area contributed by atoms with Gasteiger partial charge in [-0.2, -0.15) is 5.26 Å². The van der Waals surface area contributed by atoms with Gasteiger partial charge in [-0.15, -0.1) is 10.2 Å². The maximum atomic E-state index is 9.42. The summed E-state index contributed by atoms with van der Waals surface area (Å²) in [6.45, 7) is 4.49. The van der Waals surface area contributed by atoms with E-state index in [2.05, 4.69) is 32.5 Å². The van der Waals surface area contributed by atoms with Crippen molar-refractivity contribution in [3.63, 3.8) is 0 Å². The predicted molar refractivity (Wildman–Crippen MR) is 121 cm³/mol. The van der Waals surface area contributed by atoms with Gasteiger partial charge in [0.15, 0.2) is 11.6 Å². The molecule has 7 nitrogen and oxygen atoms in total. The van der Waals surface area contributed by atoms with Crippen LogP contribution < -0.4 is 15.0 Å². The average molecular weight is 418 g/mol. The van der Waals surface area contributed by atoms with Gasteiger partial charge in [0, 0.05) is 37.0 Å². The Morgan fingerprint density at radius 2 is 1.97 bits per heavy atom. The summed E-state index contributed by atoms with van der Waals surface area (Å²) in [5.74, 6) is 2.69. The molecular formula is C24H27N5O2. The van der Waals surface area contributed by atoms with Crippen LogP contribution in [-0.2, 0) is 6.54 Å². The Balaban J connectivity index is 1.64. The second-order valence-corrected chi connectivity index (χ2v) is 8.01. The number of nitrogens with zero attached hydrogens (tertiary/aromatic N) is 4. The van der Waals surface area contributed by atoms with Crippen molar-refractivity contribution in [2.75, 3.05) is 37.0 Å². The van der Waals surface area contributed by atoms with E-state index >= 15 is 0 Å². The number of rotatable bonds is 6. The number of nitriles is 1. The molecule has 0 spiro atoms. The molecule has 0 radical (unpaired) electrons. The van der Waals surface area contributed by atoms with Crippen LogP contribution in [0.3, 0.4) is 0 Å². The van der Waals surface area contributed by atoms with Crippen LogP contribution in [-0.4, -0.2) is 42.1 Å². The molecule has 0 saturated carbocycles. The van der Waals surface area contributed by atoms with Crippen molar-refractivity contribution in [3.05, 3.63) is 53.1 Å². The molecule has 160 valence electrons. The Hall–Kier alpha value is -3.37. The minimum absolute atomic E-state index is 0.235. The second kappa shape index (κ2) is 9.19. The van der Waals surface area contributed by atoms with Crippen LogP contribution in [0.5, 0.6) is 5.75 Å². The maximum absolute atomic E-state index is 9.42. The van der Waals surface area contributed by atoms with Crippen LogP contribution in [0.15, 0.2) is 36.4 Å². The van der Waals surface area contributed by atoms with Gasteiger partial charge in [0.05, 0.1) is 18.7 Å². The van der Waals surface area contributed by atoms with Crippen molar-refractivity contribution in [2.45, 2.75) is 26.3 Å². The zero-order chi connectivity index (χ0) is 21.8. The first-order valence-corrected chi connectivity index (χ1v) is 10.6. The van der Waals surface area contributed by atoms with Crippen LogP contribution >= 0.6 is 0 Å². The molecule has 0 aliphatic carbocycles. The van der Waals surface area contributed by atoms with E-state index in [0.717, 1.165) is 59.4 Å². The lowest BCUT2D eigenvalue weighted by Crippen LogP contribution is -2.35. The molecule has 0 unspecified atom stereocenters. The number of hydrogen-bond donors (Lipinski definition) is 2. The fourth-order valence-electron chi connectivity index (χ4n) is 4.06. The average Bonchev–Trinajstić information content (AvgIpc) is 2.83. The third kappa shape index (κ3) is 4.39. The van der Waals surface area contributed by atoms with Crippen LogP contribution in [0, 0.1) is 24.2 Å². The van der Waals surface area contributed by atoms with Gasteiger partial charge >= 0.3 is 0 Å². The van der Waals surface area contributed by atoms with E-state index in [0.29, 0.717) is 23.8 Å². The second-order valence-electron chi connectivity index (χ2n) is 8.01. The summed E-state index contributed by atoms with van der Waals surface area (Å²) < 4.78 is 5.42. The minimum Gasteiger partial charge on any atom is -0.496 e. The van der Waals surface area contributed by atoms with Crippen LogP contribution in [0.25, 0.3) is 10.8 Å². The predicted octanol–water partition coefficient (Wildman–Crippen LogP) is 3.64. The number of aromatic nitrogens is 2. The number of aliphatic hydroxyl groups excluding tert-OH is 1. The van der Waals surface area contributed by atoms with Crippen LogP contribution in [0.2, 0.25) is 0 Å². The van der Waals surface area contributed by atoms with Crippen molar-refractivity contribution < 1.29 is 9.84 Å². The SMILES string of the molecule is COc1cc(CNc2nnc(N3CCC(CO)CC3)c3ccc(C#N)cc23)ccc1C. The molecule has 4 rings (SSSR count). The van der Waals surface area contributed by atoms with E-state index in [4.69, 9.17) is 4.74 Å². The first kappa shape index (κ1) is 20.9. The standard InChI is InChI=1S/C24H27N5O2/c1-16-3-4-19(12-22(16)31-2)14-26-23-21-11-18(13-25)5-6-20(21)24(28-27-23)29-9-7-17(15-30)8-10-29/h3-6,11-12,17,30H,7-10,14-15H2,1-2H3,(H,26,27). The number of aliphatic hydroxyl groups is 1. The van der Waals surface area contributed by atoms with Gasteiger partial charge in [0.25, 0.3) is 0 Å². The Bertz CT molecular complexity index is 1120. The Morgan fingerprint density at radius 3 is 2.68 bits per heavy atom. The number of piperidine rings is 1. The van der Waals surface area contributed by atoms with E-state index in [1.165, 1.54) is 0 Å². The number of methoxy groups -OCH3 is 1. The molecule has 1 saturated heterocycles. The Kier molecular flexibility index (Phi) is 6.19. The molecule has 0 atom stereocenters. The lowest BCUT2D eigenvalue weighted by atomic mass is 9.97. The largest absolute Gasteiger partial charge is 0.496 e. The van der Waals surface area contributed by atoms with Gasteiger partial charge in [0.1, 0.15) is 5.75 Å². The third-order valence-electron chi connectivity index (χ3n) is 5.99. The smallest absolute Gasteiger partial charge is 0.159 e. The summed E-state index contributed by atoms with van der Waals surface area (Å²) >= 11 is 0. The Morgan fingerprint density at radius 1 is 1.16 bits per heavy atom. The lowest BCUT2D eigenvalue weighted by Gasteiger charge is -2.32. The van der Waals surface area contributed by atoms with Crippen molar-refractivity contribution >= 4 is 22.4 Å². The number of aryl methyl sites for hydroxylation is 1. The fourth-order valence-corrected chi connectivity index (χ4v) is 4.06. The quantitative estimate of drug-likeness (QED) is 0.632. The molecule has 0 amide bonds. The topological polar surface area (TPSA) is 94.3 Å². The van der Waals surface area contributed by atoms with Crippen molar-refractivity contribution in [3.8, 4) is 11.8 Å². The summed E-state index contributed by atoms with van der Waals surface area (Å²) in [6.07, 6.45) is 1.87. The molecule has 1 fully saturated rings.